The van der Waals surface area contributed by atoms with E-state index in [1.807, 2.05) is 4.90 Å². The van der Waals surface area contributed by atoms with Crippen molar-refractivity contribution in [2.75, 3.05) is 62.8 Å². The molecule has 172 valence electrons. The molecule has 2 aliphatic heterocycles. The topological polar surface area (TPSA) is 88.2 Å². The summed E-state index contributed by atoms with van der Waals surface area (Å²) in [6.45, 7) is 3.18. The number of anilines is 2. The van der Waals surface area contributed by atoms with Crippen LogP contribution in [0.2, 0.25) is 5.02 Å². The number of hydrogen-bond acceptors (Lipinski definition) is 6. The van der Waals surface area contributed by atoms with E-state index in [9.17, 15) is 17.6 Å². The van der Waals surface area contributed by atoms with E-state index in [0.717, 1.165) is 6.07 Å². The van der Waals surface area contributed by atoms with Crippen LogP contribution in [0.5, 0.6) is 0 Å². The minimum Gasteiger partial charge on any atom is -0.379 e. The molecule has 1 N–H and O–H groups in total. The highest BCUT2D eigenvalue weighted by Gasteiger charge is 2.29. The molecular formula is C21H23ClFN3O5S. The van der Waals surface area contributed by atoms with Crippen LogP contribution in [0.1, 0.15) is 10.4 Å². The molecule has 2 saturated heterocycles. The Balaban J connectivity index is 1.71. The number of morpholine rings is 2. The van der Waals surface area contributed by atoms with Gasteiger partial charge in [-0.3, -0.25) is 4.79 Å². The van der Waals surface area contributed by atoms with Crippen LogP contribution in [0.15, 0.2) is 41.3 Å². The number of nitrogens with one attached hydrogen (secondary N) is 1. The van der Waals surface area contributed by atoms with E-state index in [0.29, 0.717) is 45.2 Å². The molecule has 2 fully saturated rings. The molecule has 1 amide bonds. The Labute approximate surface area is 190 Å². The van der Waals surface area contributed by atoms with Crippen LogP contribution < -0.4 is 10.2 Å². The van der Waals surface area contributed by atoms with Gasteiger partial charge in [-0.05, 0) is 36.4 Å². The van der Waals surface area contributed by atoms with Crippen LogP contribution >= 0.6 is 11.6 Å². The van der Waals surface area contributed by atoms with E-state index in [2.05, 4.69) is 5.32 Å². The summed E-state index contributed by atoms with van der Waals surface area (Å²) in [5, 5.41) is 2.73. The van der Waals surface area contributed by atoms with E-state index < -0.39 is 21.7 Å². The summed E-state index contributed by atoms with van der Waals surface area (Å²) in [5.41, 5.74) is 0.644. The van der Waals surface area contributed by atoms with E-state index in [4.69, 9.17) is 21.1 Å². The highest BCUT2D eigenvalue weighted by molar-refractivity contribution is 7.89. The van der Waals surface area contributed by atoms with Crippen LogP contribution in [0.25, 0.3) is 0 Å². The first-order valence-electron chi connectivity index (χ1n) is 10.2. The normalized spacial score (nSPS) is 17.9. The Kier molecular flexibility index (Phi) is 6.96. The summed E-state index contributed by atoms with van der Waals surface area (Å²) in [6, 6.07) is 8.37. The SMILES string of the molecule is O=C(Nc1ccc(Cl)cc1F)c1cc(S(=O)(=O)N2CCOCC2)ccc1N1CCOCC1. The number of benzene rings is 2. The fourth-order valence-corrected chi connectivity index (χ4v) is 5.25. The highest BCUT2D eigenvalue weighted by Crippen LogP contribution is 2.29. The van der Waals surface area contributed by atoms with Crippen LogP contribution in [0.4, 0.5) is 15.8 Å². The third kappa shape index (κ3) is 4.89. The lowest BCUT2D eigenvalue weighted by molar-refractivity contribution is 0.0730. The third-order valence-electron chi connectivity index (χ3n) is 5.35. The Morgan fingerprint density at radius 3 is 2.28 bits per heavy atom. The van der Waals surface area contributed by atoms with E-state index in [1.165, 1.54) is 28.6 Å². The van der Waals surface area contributed by atoms with Crippen molar-refractivity contribution in [3.63, 3.8) is 0 Å². The van der Waals surface area contributed by atoms with Crippen molar-refractivity contribution in [3.05, 3.63) is 52.8 Å². The molecule has 2 aromatic carbocycles. The minimum absolute atomic E-state index is 0.00172. The molecule has 0 bridgehead atoms. The summed E-state index contributed by atoms with van der Waals surface area (Å²) >= 11 is 5.79. The number of sulfonamides is 1. The number of halogens is 2. The zero-order valence-electron chi connectivity index (χ0n) is 17.2. The Hall–Kier alpha value is -2.24. The van der Waals surface area contributed by atoms with Crippen molar-refractivity contribution in [2.45, 2.75) is 4.90 Å². The second kappa shape index (κ2) is 9.72. The van der Waals surface area contributed by atoms with Crippen LogP contribution in [-0.4, -0.2) is 71.2 Å². The zero-order valence-corrected chi connectivity index (χ0v) is 18.8. The van der Waals surface area contributed by atoms with Gasteiger partial charge < -0.3 is 19.7 Å². The van der Waals surface area contributed by atoms with Gasteiger partial charge in [-0.2, -0.15) is 4.31 Å². The monoisotopic (exact) mass is 483 g/mol. The fraction of sp³-hybridized carbons (Fsp3) is 0.381. The minimum atomic E-state index is -3.81. The highest BCUT2D eigenvalue weighted by atomic mass is 35.5. The summed E-state index contributed by atoms with van der Waals surface area (Å²) in [6.07, 6.45) is 0. The van der Waals surface area contributed by atoms with Crippen LogP contribution in [0.3, 0.4) is 0 Å². The van der Waals surface area contributed by atoms with Gasteiger partial charge in [-0.25, -0.2) is 12.8 Å². The predicted molar refractivity (Wildman–Crippen MR) is 118 cm³/mol. The van der Waals surface area contributed by atoms with Crippen LogP contribution in [-0.2, 0) is 19.5 Å². The van der Waals surface area contributed by atoms with Crippen molar-refractivity contribution in [1.29, 1.82) is 0 Å². The van der Waals surface area contributed by atoms with Gasteiger partial charge in [0.25, 0.3) is 5.91 Å². The standard InChI is InChI=1S/C21H23ClFN3O5S/c22-15-1-3-19(18(23)13-15)24-21(27)17-14-16(32(28,29)26-7-11-31-12-8-26)2-4-20(17)25-5-9-30-10-6-25/h1-4,13-14H,5-12H2,(H,24,27). The summed E-state index contributed by atoms with van der Waals surface area (Å²) < 4.78 is 52.5. The van der Waals surface area contributed by atoms with Gasteiger partial charge in [0, 0.05) is 36.9 Å². The summed E-state index contributed by atoms with van der Waals surface area (Å²) in [7, 11) is -3.81. The maximum absolute atomic E-state index is 14.3. The smallest absolute Gasteiger partial charge is 0.257 e. The van der Waals surface area contributed by atoms with Gasteiger partial charge in [0.1, 0.15) is 5.82 Å². The average molecular weight is 484 g/mol. The first-order valence-corrected chi connectivity index (χ1v) is 12.0. The molecule has 0 atom stereocenters. The molecule has 8 nitrogen and oxygen atoms in total. The number of hydrogen-bond donors (Lipinski definition) is 1. The van der Waals surface area contributed by atoms with E-state index >= 15 is 0 Å². The Morgan fingerprint density at radius 2 is 1.62 bits per heavy atom. The van der Waals surface area contributed by atoms with Crippen LogP contribution in [0, 0.1) is 5.82 Å². The van der Waals surface area contributed by atoms with Gasteiger partial charge in [-0.15, -0.1) is 0 Å². The quantitative estimate of drug-likeness (QED) is 0.703. The lowest BCUT2D eigenvalue weighted by Crippen LogP contribution is -2.41. The largest absolute Gasteiger partial charge is 0.379 e. The Morgan fingerprint density at radius 1 is 0.969 bits per heavy atom. The molecule has 4 rings (SSSR count). The molecule has 0 unspecified atom stereocenters. The van der Waals surface area contributed by atoms with Gasteiger partial charge >= 0.3 is 0 Å². The average Bonchev–Trinajstić information content (AvgIpc) is 2.81. The number of nitrogens with zero attached hydrogens (tertiary/aromatic N) is 2. The molecule has 0 saturated carbocycles. The molecule has 0 aliphatic carbocycles. The number of carbonyl (C=O) groups is 1. The number of carbonyl (C=O) groups excluding carboxylic acids is 1. The Bertz CT molecular complexity index is 1100. The van der Waals surface area contributed by atoms with Crippen molar-refractivity contribution in [1.82, 2.24) is 4.31 Å². The molecule has 0 spiro atoms. The number of rotatable bonds is 5. The lowest BCUT2D eigenvalue weighted by Gasteiger charge is -2.31. The second-order valence-electron chi connectivity index (χ2n) is 7.37. The van der Waals surface area contributed by atoms with Gasteiger partial charge in [-0.1, -0.05) is 11.6 Å². The molecular weight excluding hydrogens is 461 g/mol. The molecule has 2 aliphatic rings. The first-order chi connectivity index (χ1) is 15.4. The number of ether oxygens (including phenoxy) is 2. The molecule has 11 heteroatoms. The predicted octanol–water partition coefficient (Wildman–Crippen LogP) is 2.59. The molecule has 2 aromatic rings. The van der Waals surface area contributed by atoms with Gasteiger partial charge in [0.15, 0.2) is 0 Å². The van der Waals surface area contributed by atoms with E-state index in [1.54, 1.807) is 6.07 Å². The summed E-state index contributed by atoms with van der Waals surface area (Å²) in [4.78, 5) is 15.1. The molecule has 2 heterocycles. The second-order valence-corrected chi connectivity index (χ2v) is 9.75. The van der Waals surface area contributed by atoms with Gasteiger partial charge in [0.05, 0.1) is 42.6 Å². The molecule has 32 heavy (non-hydrogen) atoms. The van der Waals surface area contributed by atoms with Crippen molar-refractivity contribution in [3.8, 4) is 0 Å². The van der Waals surface area contributed by atoms with Gasteiger partial charge in [0.2, 0.25) is 10.0 Å². The maximum Gasteiger partial charge on any atom is 0.257 e. The number of amides is 1. The molecule has 0 radical (unpaired) electrons. The van der Waals surface area contributed by atoms with Crippen molar-refractivity contribution in [2.24, 2.45) is 0 Å². The first kappa shape index (κ1) is 22.9. The lowest BCUT2D eigenvalue weighted by atomic mass is 10.1. The summed E-state index contributed by atoms with van der Waals surface area (Å²) in [5.74, 6) is -1.30. The fourth-order valence-electron chi connectivity index (χ4n) is 3.65. The third-order valence-corrected chi connectivity index (χ3v) is 7.48. The molecule has 0 aromatic heterocycles. The van der Waals surface area contributed by atoms with E-state index in [-0.39, 0.29) is 34.3 Å². The van der Waals surface area contributed by atoms with Crippen molar-refractivity contribution < 1.29 is 27.1 Å². The maximum atomic E-state index is 14.3. The van der Waals surface area contributed by atoms with Crippen molar-refractivity contribution >= 4 is 38.9 Å². The zero-order chi connectivity index (χ0) is 22.7.